The first-order valence-electron chi connectivity index (χ1n) is 10.2. The number of nitrogens with one attached hydrogen (secondary N) is 2. The molecule has 0 atom stereocenters. The molecule has 0 spiro atoms. The zero-order chi connectivity index (χ0) is 22.8. The lowest BCUT2D eigenvalue weighted by Gasteiger charge is -2.27. The van der Waals surface area contributed by atoms with Crippen molar-refractivity contribution in [1.29, 1.82) is 0 Å². The number of aromatic nitrogens is 1. The number of thiazole rings is 1. The Bertz CT molecular complexity index is 1230. The second-order valence-corrected chi connectivity index (χ2v) is 12.0. The second-order valence-electron chi connectivity index (χ2n) is 7.69. The van der Waals surface area contributed by atoms with Gasteiger partial charge in [0, 0.05) is 17.2 Å². The highest BCUT2D eigenvalue weighted by molar-refractivity contribution is 7.93. The van der Waals surface area contributed by atoms with Crippen LogP contribution in [0.4, 0.5) is 5.13 Å². The molecule has 2 amide bonds. The third-order valence-corrected chi connectivity index (χ3v) is 9.92. The summed E-state index contributed by atoms with van der Waals surface area (Å²) in [4.78, 5) is 31.0. The molecule has 32 heavy (non-hydrogen) atoms. The number of carbonyl (C=O) groups is 2. The Morgan fingerprint density at radius 3 is 2.50 bits per heavy atom. The van der Waals surface area contributed by atoms with E-state index in [-0.39, 0.29) is 10.8 Å². The van der Waals surface area contributed by atoms with Crippen LogP contribution in [-0.4, -0.2) is 30.0 Å². The number of sulfone groups is 1. The molecule has 1 aliphatic rings. The minimum absolute atomic E-state index is 0.0927. The quantitative estimate of drug-likeness (QED) is 0.517. The fourth-order valence-electron chi connectivity index (χ4n) is 3.87. The molecule has 1 saturated carbocycles. The molecule has 1 aromatic carbocycles. The zero-order valence-electron chi connectivity index (χ0n) is 17.5. The first-order valence-corrected chi connectivity index (χ1v) is 13.4. The predicted octanol–water partition coefficient (Wildman–Crippen LogP) is 4.23. The van der Waals surface area contributed by atoms with Gasteiger partial charge in [0.15, 0.2) is 19.7 Å². The van der Waals surface area contributed by atoms with E-state index in [1.54, 1.807) is 30.3 Å². The van der Waals surface area contributed by atoms with Gasteiger partial charge in [0.25, 0.3) is 0 Å². The number of nitrogens with zero attached hydrogens (tertiary/aromatic N) is 1. The van der Waals surface area contributed by atoms with Crippen LogP contribution < -0.4 is 10.6 Å². The van der Waals surface area contributed by atoms with Crippen molar-refractivity contribution in [1.82, 2.24) is 10.3 Å². The number of hydrogen-bond donors (Lipinski definition) is 2. The molecule has 1 aliphatic carbocycles. The van der Waals surface area contributed by atoms with Gasteiger partial charge in [-0.1, -0.05) is 31.0 Å². The first kappa shape index (κ1) is 22.6. The van der Waals surface area contributed by atoms with Gasteiger partial charge in [0.1, 0.15) is 0 Å². The number of hydrogen-bond acceptors (Lipinski definition) is 7. The Morgan fingerprint density at radius 1 is 1.09 bits per heavy atom. The summed E-state index contributed by atoms with van der Waals surface area (Å²) in [5.74, 6) is -0.609. The molecular formula is C22H23N3O4S3. The molecule has 0 unspecified atom stereocenters. The Labute approximate surface area is 194 Å². The standard InChI is InChI=1S/C22H23N3O4S3/c1-15(26)23-13-16-9-10-19(31-16)18-14-30-21(24-18)25-20(27)22(11-5-6-12-22)32(28,29)17-7-3-2-4-8-17/h2-4,7-10,14H,5-6,11-13H2,1H3,(H,23,26)(H,24,25,27). The van der Waals surface area contributed by atoms with Gasteiger partial charge in [-0.3, -0.25) is 9.59 Å². The third-order valence-electron chi connectivity index (χ3n) is 5.54. The molecule has 168 valence electrons. The van der Waals surface area contributed by atoms with Crippen LogP contribution in [-0.2, 0) is 26.0 Å². The topological polar surface area (TPSA) is 105 Å². The number of rotatable bonds is 7. The summed E-state index contributed by atoms with van der Waals surface area (Å²) in [7, 11) is -3.84. The SMILES string of the molecule is CC(=O)NCc1ccc(-c2csc(NC(=O)C3(S(=O)(=O)c4ccccc4)CCCC3)n2)s1. The second kappa shape index (κ2) is 9.13. The maximum atomic E-state index is 13.4. The summed E-state index contributed by atoms with van der Waals surface area (Å²) >= 11 is 2.77. The maximum absolute atomic E-state index is 13.4. The van der Waals surface area contributed by atoms with Gasteiger partial charge in [0.05, 0.1) is 22.0 Å². The van der Waals surface area contributed by atoms with Gasteiger partial charge in [-0.15, -0.1) is 22.7 Å². The normalized spacial score (nSPS) is 15.4. The van der Waals surface area contributed by atoms with Crippen LogP contribution in [0.5, 0.6) is 0 Å². The maximum Gasteiger partial charge on any atom is 0.248 e. The summed E-state index contributed by atoms with van der Waals surface area (Å²) in [6.45, 7) is 1.92. The summed E-state index contributed by atoms with van der Waals surface area (Å²) in [6.07, 6.45) is 1.97. The molecule has 2 aromatic heterocycles. The molecule has 3 aromatic rings. The third kappa shape index (κ3) is 4.35. The average Bonchev–Trinajstić information content (AvgIpc) is 3.53. The van der Waals surface area contributed by atoms with Crippen LogP contribution >= 0.6 is 22.7 Å². The molecule has 10 heteroatoms. The van der Waals surface area contributed by atoms with E-state index in [9.17, 15) is 18.0 Å². The number of carbonyl (C=O) groups excluding carboxylic acids is 2. The van der Waals surface area contributed by atoms with Crippen LogP contribution in [0.2, 0.25) is 0 Å². The van der Waals surface area contributed by atoms with E-state index in [4.69, 9.17) is 0 Å². The van der Waals surface area contributed by atoms with E-state index in [0.29, 0.717) is 43.1 Å². The van der Waals surface area contributed by atoms with Gasteiger partial charge < -0.3 is 10.6 Å². The highest BCUT2D eigenvalue weighted by Crippen LogP contribution is 2.42. The van der Waals surface area contributed by atoms with E-state index in [2.05, 4.69) is 15.6 Å². The van der Waals surface area contributed by atoms with E-state index in [1.165, 1.54) is 29.6 Å². The number of anilines is 1. The largest absolute Gasteiger partial charge is 0.351 e. The fourth-order valence-corrected chi connectivity index (χ4v) is 7.64. The molecule has 2 N–H and O–H groups in total. The molecule has 2 heterocycles. The monoisotopic (exact) mass is 489 g/mol. The number of benzene rings is 1. The molecule has 4 rings (SSSR count). The van der Waals surface area contributed by atoms with Crippen molar-refractivity contribution in [3.05, 3.63) is 52.7 Å². The van der Waals surface area contributed by atoms with Crippen LogP contribution in [0.3, 0.4) is 0 Å². The van der Waals surface area contributed by atoms with Crippen LogP contribution in [0, 0.1) is 0 Å². The summed E-state index contributed by atoms with van der Waals surface area (Å²) in [5.41, 5.74) is 0.704. The number of thiophene rings is 1. The van der Waals surface area contributed by atoms with Crippen molar-refractivity contribution < 1.29 is 18.0 Å². The lowest BCUT2D eigenvalue weighted by atomic mass is 10.1. The molecule has 0 aliphatic heterocycles. The van der Waals surface area contributed by atoms with Crippen molar-refractivity contribution in [3.8, 4) is 10.6 Å². The Hall–Kier alpha value is -2.56. The minimum Gasteiger partial charge on any atom is -0.351 e. The van der Waals surface area contributed by atoms with Gasteiger partial charge in [-0.2, -0.15) is 0 Å². The summed E-state index contributed by atoms with van der Waals surface area (Å²) in [5, 5.41) is 7.74. The molecule has 0 saturated heterocycles. The van der Waals surface area contributed by atoms with E-state index >= 15 is 0 Å². The molecular weight excluding hydrogens is 466 g/mol. The Morgan fingerprint density at radius 2 is 1.81 bits per heavy atom. The summed E-state index contributed by atoms with van der Waals surface area (Å²) < 4.78 is 25.4. The van der Waals surface area contributed by atoms with Crippen molar-refractivity contribution in [2.75, 3.05) is 5.32 Å². The van der Waals surface area contributed by atoms with E-state index < -0.39 is 20.5 Å². The molecule has 7 nitrogen and oxygen atoms in total. The Balaban J connectivity index is 1.54. The van der Waals surface area contributed by atoms with Gasteiger partial charge in [-0.25, -0.2) is 13.4 Å². The van der Waals surface area contributed by atoms with Gasteiger partial charge in [0.2, 0.25) is 11.8 Å². The lowest BCUT2D eigenvalue weighted by Crippen LogP contribution is -2.47. The first-order chi connectivity index (χ1) is 15.3. The van der Waals surface area contributed by atoms with Gasteiger partial charge in [-0.05, 0) is 37.1 Å². The minimum atomic E-state index is -3.84. The molecule has 1 fully saturated rings. The van der Waals surface area contributed by atoms with Crippen LogP contribution in [0.15, 0.2) is 52.7 Å². The molecule has 0 bridgehead atoms. The fraction of sp³-hybridized carbons (Fsp3) is 0.318. The lowest BCUT2D eigenvalue weighted by molar-refractivity contribution is -0.119. The van der Waals surface area contributed by atoms with Crippen molar-refractivity contribution in [2.45, 2.75) is 48.8 Å². The van der Waals surface area contributed by atoms with Crippen molar-refractivity contribution in [3.63, 3.8) is 0 Å². The van der Waals surface area contributed by atoms with Crippen molar-refractivity contribution >= 4 is 49.5 Å². The highest BCUT2D eigenvalue weighted by Gasteiger charge is 2.53. The highest BCUT2D eigenvalue weighted by atomic mass is 32.2. The smallest absolute Gasteiger partial charge is 0.248 e. The molecule has 0 radical (unpaired) electrons. The number of amides is 2. The van der Waals surface area contributed by atoms with Crippen LogP contribution in [0.25, 0.3) is 10.6 Å². The van der Waals surface area contributed by atoms with Gasteiger partial charge >= 0.3 is 0 Å². The zero-order valence-corrected chi connectivity index (χ0v) is 19.9. The average molecular weight is 490 g/mol. The van der Waals surface area contributed by atoms with Crippen molar-refractivity contribution in [2.24, 2.45) is 0 Å². The predicted molar refractivity (Wildman–Crippen MR) is 126 cm³/mol. The summed E-state index contributed by atoms with van der Waals surface area (Å²) in [6, 6.07) is 12.0. The van der Waals surface area contributed by atoms with Crippen LogP contribution in [0.1, 0.15) is 37.5 Å². The Kier molecular flexibility index (Phi) is 6.45. The van der Waals surface area contributed by atoms with E-state index in [1.807, 2.05) is 17.5 Å². The van der Waals surface area contributed by atoms with E-state index in [0.717, 1.165) is 9.75 Å².